The van der Waals surface area contributed by atoms with E-state index in [-0.39, 0.29) is 10.9 Å². The summed E-state index contributed by atoms with van der Waals surface area (Å²) in [5.41, 5.74) is 3.71. The summed E-state index contributed by atoms with van der Waals surface area (Å²) in [4.78, 5) is 2.56. The summed E-state index contributed by atoms with van der Waals surface area (Å²) < 4.78 is 5.36. The first-order chi connectivity index (χ1) is 13.0. The lowest BCUT2D eigenvalue weighted by Gasteiger charge is -2.35. The van der Waals surface area contributed by atoms with Crippen molar-refractivity contribution in [2.45, 2.75) is 51.6 Å². The van der Waals surface area contributed by atoms with Crippen LogP contribution in [0.3, 0.4) is 0 Å². The molecular formula is C23H32NO2P. The van der Waals surface area contributed by atoms with Gasteiger partial charge in [0.15, 0.2) is 11.5 Å². The van der Waals surface area contributed by atoms with Gasteiger partial charge < -0.3 is 14.7 Å². The van der Waals surface area contributed by atoms with Gasteiger partial charge in [0, 0.05) is 29.5 Å². The van der Waals surface area contributed by atoms with Crippen molar-refractivity contribution in [3.8, 4) is 11.5 Å². The molecule has 2 atom stereocenters. The number of benzene rings is 2. The molecule has 1 heterocycles. The Morgan fingerprint density at radius 1 is 1.11 bits per heavy atom. The van der Waals surface area contributed by atoms with Crippen molar-refractivity contribution in [3.05, 3.63) is 47.5 Å². The van der Waals surface area contributed by atoms with Crippen LogP contribution in [0.4, 0.5) is 5.69 Å². The topological polar surface area (TPSA) is 32.7 Å². The van der Waals surface area contributed by atoms with E-state index >= 15 is 0 Å². The number of phenols is 1. The highest BCUT2D eigenvalue weighted by atomic mass is 31.1. The molecule has 27 heavy (non-hydrogen) atoms. The van der Waals surface area contributed by atoms with E-state index in [0.717, 1.165) is 25.1 Å². The second kappa shape index (κ2) is 8.52. The number of aromatic hydroxyl groups is 1. The smallest absolute Gasteiger partial charge is 0.161 e. The second-order valence-corrected chi connectivity index (χ2v) is 9.54. The molecule has 3 rings (SSSR count). The number of phenolic OH excluding ortho intramolecular Hbond substituents is 1. The van der Waals surface area contributed by atoms with Crippen LogP contribution in [0, 0.1) is 6.92 Å². The number of hydrogen-bond donors (Lipinski definition) is 1. The summed E-state index contributed by atoms with van der Waals surface area (Å²) in [7, 11) is 2.20. The van der Waals surface area contributed by atoms with Gasteiger partial charge in [-0.1, -0.05) is 46.7 Å². The maximum absolute atomic E-state index is 10.8. The number of anilines is 1. The van der Waals surface area contributed by atoms with Crippen molar-refractivity contribution >= 4 is 19.6 Å². The highest BCUT2D eigenvalue weighted by Crippen LogP contribution is 2.50. The predicted octanol–water partition coefficient (Wildman–Crippen LogP) is 5.33. The number of para-hydroxylation sites is 1. The zero-order valence-electron chi connectivity index (χ0n) is 17.0. The molecule has 0 spiro atoms. The van der Waals surface area contributed by atoms with Gasteiger partial charge in [-0.15, -0.1) is 0 Å². The molecule has 0 saturated carbocycles. The maximum Gasteiger partial charge on any atom is 0.161 e. The number of nitrogens with zero attached hydrogens (tertiary/aromatic N) is 1. The average Bonchev–Trinajstić information content (AvgIpc) is 2.70. The molecule has 0 amide bonds. The number of ether oxygens (including phenoxy) is 1. The molecule has 2 aromatic carbocycles. The Bertz CT molecular complexity index is 786. The van der Waals surface area contributed by atoms with Crippen LogP contribution in [0.15, 0.2) is 36.4 Å². The zero-order valence-corrected chi connectivity index (χ0v) is 18.0. The fraction of sp³-hybridized carbons (Fsp3) is 0.478. The third-order valence-electron chi connectivity index (χ3n) is 5.87. The molecule has 4 heteroatoms. The summed E-state index contributed by atoms with van der Waals surface area (Å²) in [5, 5.41) is 12.1. The Hall–Kier alpha value is -1.73. The highest BCUT2D eigenvalue weighted by Gasteiger charge is 2.31. The summed E-state index contributed by atoms with van der Waals surface area (Å²) in [6.45, 7) is 9.00. The van der Waals surface area contributed by atoms with Crippen molar-refractivity contribution in [3.63, 3.8) is 0 Å². The van der Waals surface area contributed by atoms with Gasteiger partial charge in [0.1, 0.15) is 0 Å². The minimum absolute atomic E-state index is 0.130. The van der Waals surface area contributed by atoms with Gasteiger partial charge in [-0.25, -0.2) is 0 Å². The largest absolute Gasteiger partial charge is 0.504 e. The SMILES string of the molecule is CCC(C)(Pc1c(C)cccc1N1CCCCC1)c1cccc(OC)c1O. The monoisotopic (exact) mass is 385 g/mol. The van der Waals surface area contributed by atoms with Crippen molar-refractivity contribution in [1.82, 2.24) is 0 Å². The van der Waals surface area contributed by atoms with E-state index in [0.29, 0.717) is 14.3 Å². The standard InChI is InChI=1S/C23H32NO2P/c1-5-23(3,18-12-10-14-20(26-4)21(18)25)27-22-17(2)11-9-13-19(22)24-15-7-6-8-16-24/h9-14,25,27H,5-8,15-16H2,1-4H3. The van der Waals surface area contributed by atoms with Crippen LogP contribution in [-0.2, 0) is 5.16 Å². The first-order valence-corrected chi connectivity index (χ1v) is 11.0. The first kappa shape index (κ1) is 20.0. The van der Waals surface area contributed by atoms with Crippen LogP contribution in [0.5, 0.6) is 11.5 Å². The molecule has 1 N–H and O–H groups in total. The van der Waals surface area contributed by atoms with E-state index in [1.807, 2.05) is 18.2 Å². The lowest BCUT2D eigenvalue weighted by molar-refractivity contribution is 0.367. The fourth-order valence-corrected chi connectivity index (χ4v) is 5.68. The van der Waals surface area contributed by atoms with E-state index in [4.69, 9.17) is 4.74 Å². The van der Waals surface area contributed by atoms with Gasteiger partial charge in [0.05, 0.1) is 7.11 Å². The quantitative estimate of drug-likeness (QED) is 0.682. The van der Waals surface area contributed by atoms with E-state index in [9.17, 15) is 5.11 Å². The van der Waals surface area contributed by atoms with Crippen LogP contribution in [0.2, 0.25) is 0 Å². The number of piperidine rings is 1. The highest BCUT2D eigenvalue weighted by molar-refractivity contribution is 7.49. The summed E-state index contributed by atoms with van der Waals surface area (Å²) in [6, 6.07) is 12.5. The van der Waals surface area contributed by atoms with E-state index in [1.54, 1.807) is 7.11 Å². The zero-order chi connectivity index (χ0) is 19.4. The molecule has 0 bridgehead atoms. The molecule has 0 radical (unpaired) electrons. The molecule has 2 unspecified atom stereocenters. The second-order valence-electron chi connectivity index (χ2n) is 7.68. The maximum atomic E-state index is 10.8. The van der Waals surface area contributed by atoms with E-state index < -0.39 is 0 Å². The number of aryl methyl sites for hydroxylation is 1. The van der Waals surface area contributed by atoms with Gasteiger partial charge >= 0.3 is 0 Å². The van der Waals surface area contributed by atoms with Crippen LogP contribution >= 0.6 is 8.58 Å². The fourth-order valence-electron chi connectivity index (χ4n) is 3.97. The molecule has 1 saturated heterocycles. The average molecular weight is 385 g/mol. The van der Waals surface area contributed by atoms with E-state index in [2.05, 4.69) is 43.9 Å². The third kappa shape index (κ3) is 4.09. The lowest BCUT2D eigenvalue weighted by Crippen LogP contribution is -2.33. The molecule has 3 nitrogen and oxygen atoms in total. The number of rotatable bonds is 6. The molecule has 1 aliphatic heterocycles. The first-order valence-electron chi connectivity index (χ1n) is 9.99. The molecule has 0 aromatic heterocycles. The molecule has 1 aliphatic rings. The van der Waals surface area contributed by atoms with Crippen LogP contribution in [0.1, 0.15) is 50.7 Å². The van der Waals surface area contributed by atoms with Crippen LogP contribution < -0.4 is 14.9 Å². The number of methoxy groups -OCH3 is 1. The van der Waals surface area contributed by atoms with Gasteiger partial charge in [0.25, 0.3) is 0 Å². The minimum Gasteiger partial charge on any atom is -0.504 e. The molecular weight excluding hydrogens is 353 g/mol. The van der Waals surface area contributed by atoms with E-state index in [1.165, 1.54) is 35.8 Å². The molecule has 146 valence electrons. The minimum atomic E-state index is -0.130. The molecule has 0 aliphatic carbocycles. The lowest BCUT2D eigenvalue weighted by atomic mass is 9.96. The van der Waals surface area contributed by atoms with Crippen LogP contribution in [-0.4, -0.2) is 25.3 Å². The van der Waals surface area contributed by atoms with Crippen molar-refractivity contribution in [2.24, 2.45) is 0 Å². The predicted molar refractivity (Wildman–Crippen MR) is 117 cm³/mol. The Kier molecular flexibility index (Phi) is 6.32. The number of hydrogen-bond acceptors (Lipinski definition) is 3. The van der Waals surface area contributed by atoms with Gasteiger partial charge in [-0.05, 0) is 55.6 Å². The summed E-state index contributed by atoms with van der Waals surface area (Å²) in [6.07, 6.45) is 4.85. The summed E-state index contributed by atoms with van der Waals surface area (Å²) >= 11 is 0. The van der Waals surface area contributed by atoms with Gasteiger partial charge in [-0.2, -0.15) is 0 Å². The Morgan fingerprint density at radius 2 is 1.81 bits per heavy atom. The molecule has 1 fully saturated rings. The third-order valence-corrected chi connectivity index (χ3v) is 7.94. The van der Waals surface area contributed by atoms with Crippen LogP contribution in [0.25, 0.3) is 0 Å². The van der Waals surface area contributed by atoms with Crippen molar-refractivity contribution < 1.29 is 9.84 Å². The Balaban J connectivity index is 2.02. The van der Waals surface area contributed by atoms with Crippen molar-refractivity contribution in [1.29, 1.82) is 0 Å². The van der Waals surface area contributed by atoms with Gasteiger partial charge in [0.2, 0.25) is 0 Å². The summed E-state index contributed by atoms with van der Waals surface area (Å²) in [5.74, 6) is 0.836. The van der Waals surface area contributed by atoms with Crippen molar-refractivity contribution in [2.75, 3.05) is 25.1 Å². The van der Waals surface area contributed by atoms with Gasteiger partial charge in [-0.3, -0.25) is 0 Å². The normalized spacial score (nSPS) is 17.3. The molecule has 2 aromatic rings. The Morgan fingerprint density at radius 3 is 2.48 bits per heavy atom. The Labute approximate surface area is 165 Å².